The zero-order valence-electron chi connectivity index (χ0n) is 11.2. The Hall–Kier alpha value is -2.68. The van der Waals surface area contributed by atoms with Crippen LogP contribution in [-0.4, -0.2) is 11.9 Å². The molecule has 0 fully saturated rings. The molecule has 0 amide bonds. The van der Waals surface area contributed by atoms with Crippen LogP contribution in [0.15, 0.2) is 75.3 Å². The van der Waals surface area contributed by atoms with Gasteiger partial charge in [-0.25, -0.2) is 0 Å². The van der Waals surface area contributed by atoms with Crippen molar-refractivity contribution >= 4 is 22.9 Å². The highest BCUT2D eigenvalue weighted by atomic mass is 16.3. The molecule has 0 saturated heterocycles. The Bertz CT molecular complexity index is 737. The minimum atomic E-state index is 0.747. The molecule has 0 unspecified atom stereocenters. The molecule has 3 rings (SSSR count). The largest absolute Gasteiger partial charge is 0.455 e. The molecule has 0 N–H and O–H groups in total. The highest BCUT2D eigenvalue weighted by Gasteiger charge is 2.05. The number of nitrogens with zero attached hydrogens (tertiary/aromatic N) is 2. The van der Waals surface area contributed by atoms with Gasteiger partial charge in [-0.05, 0) is 24.6 Å². The lowest BCUT2D eigenvalue weighted by molar-refractivity contribution is 0.604. The van der Waals surface area contributed by atoms with E-state index in [1.807, 2.05) is 67.6 Å². The Balaban J connectivity index is 1.83. The van der Waals surface area contributed by atoms with Gasteiger partial charge in [-0.15, -0.1) is 0 Å². The molecule has 20 heavy (non-hydrogen) atoms. The van der Waals surface area contributed by atoms with Crippen molar-refractivity contribution < 1.29 is 4.42 Å². The summed E-state index contributed by atoms with van der Waals surface area (Å²) in [5.41, 5.74) is 2.64. The third-order valence-corrected chi connectivity index (χ3v) is 3.00. The maximum Gasteiger partial charge on any atom is 0.151 e. The fraction of sp³-hybridized carbons (Fsp3) is 0.0588. The van der Waals surface area contributed by atoms with Crippen molar-refractivity contribution in [3.05, 3.63) is 72.0 Å². The standard InChI is InChI=1S/C17H14N2O/c1-13(19-18-12-14-7-3-2-4-8-14)17-11-15-9-5-6-10-16(15)20-17/h2-12H,1H3/b18-12+,19-13+. The normalized spacial score (nSPS) is 12.3. The number of furan rings is 1. The molecule has 0 aliphatic carbocycles. The van der Waals surface area contributed by atoms with Crippen LogP contribution in [-0.2, 0) is 0 Å². The van der Waals surface area contributed by atoms with Crippen LogP contribution < -0.4 is 0 Å². The summed E-state index contributed by atoms with van der Waals surface area (Å²) in [4.78, 5) is 0. The predicted octanol–water partition coefficient (Wildman–Crippen LogP) is 4.28. The highest BCUT2D eigenvalue weighted by molar-refractivity contribution is 5.99. The van der Waals surface area contributed by atoms with Gasteiger partial charge in [-0.3, -0.25) is 0 Å². The molecule has 0 bridgehead atoms. The SMILES string of the molecule is C/C(=N\N=C\c1ccccc1)c1cc2ccccc2o1. The Morgan fingerprint density at radius 1 is 1.00 bits per heavy atom. The molecule has 1 aromatic heterocycles. The molecular weight excluding hydrogens is 248 g/mol. The van der Waals surface area contributed by atoms with E-state index >= 15 is 0 Å². The summed E-state index contributed by atoms with van der Waals surface area (Å²) in [6, 6.07) is 19.8. The van der Waals surface area contributed by atoms with E-state index in [-0.39, 0.29) is 0 Å². The van der Waals surface area contributed by atoms with E-state index < -0.39 is 0 Å². The number of benzene rings is 2. The molecule has 1 heterocycles. The molecule has 0 radical (unpaired) electrons. The maximum atomic E-state index is 5.73. The zero-order chi connectivity index (χ0) is 13.8. The molecule has 0 spiro atoms. The second-order valence-corrected chi connectivity index (χ2v) is 4.49. The van der Waals surface area contributed by atoms with Gasteiger partial charge in [0.15, 0.2) is 5.76 Å². The maximum absolute atomic E-state index is 5.73. The predicted molar refractivity (Wildman–Crippen MR) is 82.5 cm³/mol. The average Bonchev–Trinajstić information content (AvgIpc) is 2.92. The molecule has 0 aliphatic heterocycles. The van der Waals surface area contributed by atoms with E-state index in [4.69, 9.17) is 4.42 Å². The van der Waals surface area contributed by atoms with Gasteiger partial charge in [0.2, 0.25) is 0 Å². The Kier molecular flexibility index (Phi) is 3.42. The van der Waals surface area contributed by atoms with Gasteiger partial charge in [0, 0.05) is 5.39 Å². The first kappa shape index (κ1) is 12.4. The summed E-state index contributed by atoms with van der Waals surface area (Å²) in [6.07, 6.45) is 1.73. The van der Waals surface area contributed by atoms with Gasteiger partial charge < -0.3 is 4.42 Å². The highest BCUT2D eigenvalue weighted by Crippen LogP contribution is 2.19. The van der Waals surface area contributed by atoms with Gasteiger partial charge in [-0.2, -0.15) is 10.2 Å². The first-order chi connectivity index (χ1) is 9.83. The van der Waals surface area contributed by atoms with Crippen LogP contribution in [0.1, 0.15) is 18.2 Å². The lowest BCUT2D eigenvalue weighted by atomic mass is 10.2. The number of para-hydroxylation sites is 1. The van der Waals surface area contributed by atoms with Crippen LogP contribution in [0.2, 0.25) is 0 Å². The monoisotopic (exact) mass is 262 g/mol. The molecule has 98 valence electrons. The number of hydrogen-bond donors (Lipinski definition) is 0. The van der Waals surface area contributed by atoms with E-state index in [1.165, 1.54) is 0 Å². The number of hydrogen-bond acceptors (Lipinski definition) is 3. The number of fused-ring (bicyclic) bond motifs is 1. The van der Waals surface area contributed by atoms with E-state index in [0.717, 1.165) is 28.0 Å². The summed E-state index contributed by atoms with van der Waals surface area (Å²) in [5, 5.41) is 9.34. The molecule has 3 heteroatoms. The second kappa shape index (κ2) is 5.53. The summed E-state index contributed by atoms with van der Waals surface area (Å²) in [5.74, 6) is 0.747. The van der Waals surface area contributed by atoms with Crippen LogP contribution in [0.4, 0.5) is 0 Å². The van der Waals surface area contributed by atoms with Crippen LogP contribution in [0, 0.1) is 0 Å². The smallest absolute Gasteiger partial charge is 0.151 e. The van der Waals surface area contributed by atoms with E-state index in [0.29, 0.717) is 0 Å². The average molecular weight is 262 g/mol. The van der Waals surface area contributed by atoms with Crippen molar-refractivity contribution in [2.75, 3.05) is 0 Å². The van der Waals surface area contributed by atoms with Gasteiger partial charge in [0.1, 0.15) is 11.3 Å². The summed E-state index contributed by atoms with van der Waals surface area (Å²) >= 11 is 0. The van der Waals surface area contributed by atoms with Crippen LogP contribution >= 0.6 is 0 Å². The van der Waals surface area contributed by atoms with Crippen molar-refractivity contribution in [2.45, 2.75) is 6.92 Å². The molecule has 2 aromatic carbocycles. The first-order valence-electron chi connectivity index (χ1n) is 6.44. The van der Waals surface area contributed by atoms with Gasteiger partial charge in [0.05, 0.1) is 6.21 Å². The van der Waals surface area contributed by atoms with Crippen LogP contribution in [0.5, 0.6) is 0 Å². The van der Waals surface area contributed by atoms with Crippen molar-refractivity contribution in [2.24, 2.45) is 10.2 Å². The summed E-state index contributed by atoms with van der Waals surface area (Å²) in [6.45, 7) is 1.89. The summed E-state index contributed by atoms with van der Waals surface area (Å²) in [7, 11) is 0. The molecule has 0 atom stereocenters. The quantitative estimate of drug-likeness (QED) is 0.513. The molecule has 0 aliphatic rings. The Labute approximate surface area is 117 Å². The minimum absolute atomic E-state index is 0.747. The minimum Gasteiger partial charge on any atom is -0.455 e. The van der Waals surface area contributed by atoms with Gasteiger partial charge in [0.25, 0.3) is 0 Å². The van der Waals surface area contributed by atoms with Crippen molar-refractivity contribution in [1.29, 1.82) is 0 Å². The van der Waals surface area contributed by atoms with Crippen LogP contribution in [0.25, 0.3) is 11.0 Å². The van der Waals surface area contributed by atoms with Crippen molar-refractivity contribution in [3.8, 4) is 0 Å². The molecule has 3 nitrogen and oxygen atoms in total. The van der Waals surface area contributed by atoms with Crippen molar-refractivity contribution in [1.82, 2.24) is 0 Å². The first-order valence-corrected chi connectivity index (χ1v) is 6.44. The third-order valence-electron chi connectivity index (χ3n) is 3.00. The molecule has 3 aromatic rings. The lowest BCUT2D eigenvalue weighted by Crippen LogP contribution is -1.90. The Morgan fingerprint density at radius 2 is 1.75 bits per heavy atom. The topological polar surface area (TPSA) is 37.9 Å². The van der Waals surface area contributed by atoms with E-state index in [9.17, 15) is 0 Å². The van der Waals surface area contributed by atoms with Gasteiger partial charge in [-0.1, -0.05) is 48.5 Å². The lowest BCUT2D eigenvalue weighted by Gasteiger charge is -1.91. The number of rotatable bonds is 3. The van der Waals surface area contributed by atoms with E-state index in [2.05, 4.69) is 10.2 Å². The van der Waals surface area contributed by atoms with Crippen molar-refractivity contribution in [3.63, 3.8) is 0 Å². The fourth-order valence-electron chi connectivity index (χ4n) is 1.93. The zero-order valence-corrected chi connectivity index (χ0v) is 11.2. The molecular formula is C17H14N2O. The third kappa shape index (κ3) is 2.67. The Morgan fingerprint density at radius 3 is 2.55 bits per heavy atom. The second-order valence-electron chi connectivity index (χ2n) is 4.49. The van der Waals surface area contributed by atoms with Crippen LogP contribution in [0.3, 0.4) is 0 Å². The molecule has 0 saturated carbocycles. The van der Waals surface area contributed by atoms with E-state index in [1.54, 1.807) is 6.21 Å². The summed E-state index contributed by atoms with van der Waals surface area (Å²) < 4.78 is 5.73. The fourth-order valence-corrected chi connectivity index (χ4v) is 1.93. The van der Waals surface area contributed by atoms with Gasteiger partial charge >= 0.3 is 0 Å².